The molecule has 3 nitrogen and oxygen atoms in total. The Morgan fingerprint density at radius 3 is 2.85 bits per heavy atom. The van der Waals surface area contributed by atoms with E-state index in [2.05, 4.69) is 23.9 Å². The van der Waals surface area contributed by atoms with E-state index in [1.165, 1.54) is 18.9 Å². The number of aliphatic hydroxyl groups is 1. The molecule has 0 aliphatic carbocycles. The molecule has 1 aliphatic rings. The fourth-order valence-electron chi connectivity index (χ4n) is 2.86. The van der Waals surface area contributed by atoms with E-state index in [9.17, 15) is 9.50 Å². The van der Waals surface area contributed by atoms with Gasteiger partial charge in [-0.2, -0.15) is 0 Å². The number of nitrogens with zero attached hydrogens (tertiary/aromatic N) is 2. The minimum absolute atomic E-state index is 0.315. The standard InChI is InChI=1S/C16H25FN2O/c1-18(2)13-6-5-10-19(12-13)11-9-16(20)14-7-3-4-8-15(14)17/h3-4,7-8,13,16,20H,5-6,9-12H2,1-2H3. The Kier molecular flexibility index (Phi) is 5.52. The molecule has 20 heavy (non-hydrogen) atoms. The van der Waals surface area contributed by atoms with E-state index in [-0.39, 0.29) is 5.82 Å². The number of piperidine rings is 1. The zero-order valence-electron chi connectivity index (χ0n) is 12.4. The minimum atomic E-state index is -0.712. The van der Waals surface area contributed by atoms with Gasteiger partial charge in [0.25, 0.3) is 0 Å². The minimum Gasteiger partial charge on any atom is -0.388 e. The largest absolute Gasteiger partial charge is 0.388 e. The topological polar surface area (TPSA) is 26.7 Å². The van der Waals surface area contributed by atoms with Gasteiger partial charge < -0.3 is 14.9 Å². The number of benzene rings is 1. The van der Waals surface area contributed by atoms with Gasteiger partial charge in [-0.05, 0) is 46.0 Å². The zero-order valence-corrected chi connectivity index (χ0v) is 12.4. The fraction of sp³-hybridized carbons (Fsp3) is 0.625. The van der Waals surface area contributed by atoms with Crippen LogP contribution in [0.4, 0.5) is 4.39 Å². The molecule has 0 saturated carbocycles. The molecule has 112 valence electrons. The number of rotatable bonds is 5. The van der Waals surface area contributed by atoms with Gasteiger partial charge in [0.1, 0.15) is 5.82 Å². The van der Waals surface area contributed by atoms with Crippen LogP contribution in [0.3, 0.4) is 0 Å². The second kappa shape index (κ2) is 7.16. The van der Waals surface area contributed by atoms with Gasteiger partial charge in [-0.25, -0.2) is 4.39 Å². The Bertz CT molecular complexity index is 425. The molecular formula is C16H25FN2O. The van der Waals surface area contributed by atoms with Crippen molar-refractivity contribution >= 4 is 0 Å². The second-order valence-corrected chi connectivity index (χ2v) is 5.89. The van der Waals surface area contributed by atoms with Crippen LogP contribution in [0, 0.1) is 5.82 Å². The smallest absolute Gasteiger partial charge is 0.128 e. The van der Waals surface area contributed by atoms with Crippen LogP contribution in [0.1, 0.15) is 30.9 Å². The number of likely N-dealkylation sites (tertiary alicyclic amines) is 1. The van der Waals surface area contributed by atoms with Crippen molar-refractivity contribution < 1.29 is 9.50 Å². The highest BCUT2D eigenvalue weighted by Crippen LogP contribution is 2.21. The van der Waals surface area contributed by atoms with Crippen molar-refractivity contribution in [1.29, 1.82) is 0 Å². The molecule has 1 aromatic rings. The lowest BCUT2D eigenvalue weighted by Crippen LogP contribution is -2.45. The molecule has 2 unspecified atom stereocenters. The number of hydrogen-bond acceptors (Lipinski definition) is 3. The fourth-order valence-corrected chi connectivity index (χ4v) is 2.86. The quantitative estimate of drug-likeness (QED) is 0.896. The maximum Gasteiger partial charge on any atom is 0.128 e. The lowest BCUT2D eigenvalue weighted by molar-refractivity contribution is 0.101. The van der Waals surface area contributed by atoms with Crippen LogP contribution in [-0.4, -0.2) is 54.7 Å². The lowest BCUT2D eigenvalue weighted by atomic mass is 10.0. The second-order valence-electron chi connectivity index (χ2n) is 5.89. The zero-order chi connectivity index (χ0) is 14.5. The van der Waals surface area contributed by atoms with Gasteiger partial charge in [-0.1, -0.05) is 18.2 Å². The summed E-state index contributed by atoms with van der Waals surface area (Å²) in [7, 11) is 4.23. The molecule has 0 spiro atoms. The Labute approximate surface area is 121 Å². The molecule has 1 aliphatic heterocycles. The van der Waals surface area contributed by atoms with Crippen molar-refractivity contribution in [3.05, 3.63) is 35.6 Å². The van der Waals surface area contributed by atoms with Crippen molar-refractivity contribution in [2.45, 2.75) is 31.4 Å². The highest BCUT2D eigenvalue weighted by Gasteiger charge is 2.22. The summed E-state index contributed by atoms with van der Waals surface area (Å²) in [6.07, 6.45) is 2.30. The monoisotopic (exact) mass is 280 g/mol. The highest BCUT2D eigenvalue weighted by molar-refractivity contribution is 5.19. The summed E-state index contributed by atoms with van der Waals surface area (Å²) in [5.74, 6) is -0.315. The van der Waals surface area contributed by atoms with Crippen molar-refractivity contribution in [3.8, 4) is 0 Å². The summed E-state index contributed by atoms with van der Waals surface area (Å²) < 4.78 is 13.6. The number of likely N-dealkylation sites (N-methyl/N-ethyl adjacent to an activating group) is 1. The van der Waals surface area contributed by atoms with Gasteiger partial charge in [0.2, 0.25) is 0 Å². The van der Waals surface area contributed by atoms with E-state index in [4.69, 9.17) is 0 Å². The molecule has 0 radical (unpaired) electrons. The average Bonchev–Trinajstić information content (AvgIpc) is 2.45. The van der Waals surface area contributed by atoms with Crippen LogP contribution in [-0.2, 0) is 0 Å². The van der Waals surface area contributed by atoms with E-state index in [0.717, 1.165) is 19.6 Å². The SMILES string of the molecule is CN(C)C1CCCN(CCC(O)c2ccccc2F)C1. The van der Waals surface area contributed by atoms with Crippen LogP contribution in [0.25, 0.3) is 0 Å². The number of hydrogen-bond donors (Lipinski definition) is 1. The predicted octanol–water partition coefficient (Wildman–Crippen LogP) is 2.28. The first-order valence-corrected chi connectivity index (χ1v) is 7.39. The third kappa shape index (κ3) is 4.01. The van der Waals surface area contributed by atoms with Crippen LogP contribution >= 0.6 is 0 Å². The third-order valence-electron chi connectivity index (χ3n) is 4.19. The normalized spacial score (nSPS) is 22.1. The maximum atomic E-state index is 13.6. The van der Waals surface area contributed by atoms with Gasteiger partial charge in [0.05, 0.1) is 6.10 Å². The molecule has 1 fully saturated rings. The third-order valence-corrected chi connectivity index (χ3v) is 4.19. The van der Waals surface area contributed by atoms with Crippen molar-refractivity contribution in [2.24, 2.45) is 0 Å². The van der Waals surface area contributed by atoms with Crippen LogP contribution in [0.2, 0.25) is 0 Å². The molecule has 1 aromatic carbocycles. The first-order valence-electron chi connectivity index (χ1n) is 7.39. The van der Waals surface area contributed by atoms with Gasteiger partial charge in [0.15, 0.2) is 0 Å². The van der Waals surface area contributed by atoms with E-state index < -0.39 is 6.10 Å². The Hall–Kier alpha value is -0.970. The van der Waals surface area contributed by atoms with Crippen molar-refractivity contribution in [3.63, 3.8) is 0 Å². The molecule has 1 N–H and O–H groups in total. The summed E-state index contributed by atoms with van der Waals surface area (Å²) in [5, 5.41) is 10.1. The van der Waals surface area contributed by atoms with E-state index in [0.29, 0.717) is 18.0 Å². The van der Waals surface area contributed by atoms with Crippen LogP contribution < -0.4 is 0 Å². The molecule has 1 heterocycles. The Balaban J connectivity index is 1.84. The molecule has 1 saturated heterocycles. The van der Waals surface area contributed by atoms with Crippen LogP contribution in [0.5, 0.6) is 0 Å². The number of aliphatic hydroxyl groups excluding tert-OH is 1. The van der Waals surface area contributed by atoms with Gasteiger partial charge >= 0.3 is 0 Å². The van der Waals surface area contributed by atoms with Gasteiger partial charge in [0, 0.05) is 24.7 Å². The predicted molar refractivity (Wildman–Crippen MR) is 79.1 cm³/mol. The molecule has 2 atom stereocenters. The molecular weight excluding hydrogens is 255 g/mol. The highest BCUT2D eigenvalue weighted by atomic mass is 19.1. The van der Waals surface area contributed by atoms with E-state index >= 15 is 0 Å². The molecule has 0 aromatic heterocycles. The number of halogens is 1. The first kappa shape index (κ1) is 15.4. The summed E-state index contributed by atoms with van der Waals surface area (Å²) in [4.78, 5) is 4.64. The molecule has 2 rings (SSSR count). The molecule has 0 amide bonds. The summed E-state index contributed by atoms with van der Waals surface area (Å²) >= 11 is 0. The summed E-state index contributed by atoms with van der Waals surface area (Å²) in [5.41, 5.74) is 0.411. The molecule has 4 heteroatoms. The van der Waals surface area contributed by atoms with Crippen LogP contribution in [0.15, 0.2) is 24.3 Å². The first-order chi connectivity index (χ1) is 9.58. The van der Waals surface area contributed by atoms with Crippen molar-refractivity contribution in [1.82, 2.24) is 9.80 Å². The van der Waals surface area contributed by atoms with E-state index in [1.54, 1.807) is 18.2 Å². The average molecular weight is 280 g/mol. The summed E-state index contributed by atoms with van der Waals surface area (Å²) in [6, 6.07) is 7.08. The molecule has 0 bridgehead atoms. The summed E-state index contributed by atoms with van der Waals surface area (Å²) in [6.45, 7) is 2.94. The lowest BCUT2D eigenvalue weighted by Gasteiger charge is -2.36. The van der Waals surface area contributed by atoms with Gasteiger partial charge in [-0.15, -0.1) is 0 Å². The van der Waals surface area contributed by atoms with Gasteiger partial charge in [-0.3, -0.25) is 0 Å². The Morgan fingerprint density at radius 1 is 1.40 bits per heavy atom. The maximum absolute atomic E-state index is 13.6. The van der Waals surface area contributed by atoms with E-state index in [1.807, 2.05) is 0 Å². The van der Waals surface area contributed by atoms with Crippen molar-refractivity contribution in [2.75, 3.05) is 33.7 Å². The Morgan fingerprint density at radius 2 is 2.15 bits per heavy atom.